The Balaban J connectivity index is 1.97. The van der Waals surface area contributed by atoms with Crippen LogP contribution in [0.4, 0.5) is 0 Å². The van der Waals surface area contributed by atoms with E-state index in [4.69, 9.17) is 0 Å². The summed E-state index contributed by atoms with van der Waals surface area (Å²) in [6.45, 7) is 3.85. The monoisotopic (exact) mass is 267 g/mol. The lowest BCUT2D eigenvalue weighted by molar-refractivity contribution is -0.149. The van der Waals surface area contributed by atoms with Crippen LogP contribution in [0.1, 0.15) is 51.9 Å². The first-order valence-electron chi connectivity index (χ1n) is 7.65. The Bertz CT molecular complexity index is 342. The van der Waals surface area contributed by atoms with E-state index in [0.717, 1.165) is 44.7 Å². The van der Waals surface area contributed by atoms with Gasteiger partial charge in [-0.25, -0.2) is 0 Å². The highest BCUT2D eigenvalue weighted by molar-refractivity contribution is 5.85. The van der Waals surface area contributed by atoms with Crippen LogP contribution in [0.3, 0.4) is 0 Å². The van der Waals surface area contributed by atoms with Crippen molar-refractivity contribution < 1.29 is 14.7 Å². The second kappa shape index (κ2) is 6.40. The van der Waals surface area contributed by atoms with Crippen LogP contribution >= 0.6 is 0 Å². The van der Waals surface area contributed by atoms with Crippen molar-refractivity contribution in [1.82, 2.24) is 4.90 Å². The maximum atomic E-state index is 12.5. The summed E-state index contributed by atoms with van der Waals surface area (Å²) in [5.74, 6) is -0.677. The summed E-state index contributed by atoms with van der Waals surface area (Å²) in [7, 11) is 0. The Morgan fingerprint density at radius 1 is 1.05 bits per heavy atom. The lowest BCUT2D eigenvalue weighted by Crippen LogP contribution is -2.39. The van der Waals surface area contributed by atoms with Gasteiger partial charge in [-0.05, 0) is 38.0 Å². The van der Waals surface area contributed by atoms with Crippen molar-refractivity contribution in [2.45, 2.75) is 51.9 Å². The number of carboxylic acid groups (broad SMARTS) is 1. The number of rotatable bonds is 3. The van der Waals surface area contributed by atoms with Gasteiger partial charge in [-0.15, -0.1) is 0 Å². The van der Waals surface area contributed by atoms with Crippen LogP contribution in [-0.2, 0) is 9.59 Å². The predicted molar refractivity (Wildman–Crippen MR) is 72.7 cm³/mol. The van der Waals surface area contributed by atoms with E-state index in [1.165, 1.54) is 12.8 Å². The Labute approximate surface area is 115 Å². The maximum absolute atomic E-state index is 12.5. The molecule has 0 aromatic rings. The third kappa shape index (κ3) is 3.28. The van der Waals surface area contributed by atoms with Gasteiger partial charge in [-0.2, -0.15) is 0 Å². The van der Waals surface area contributed by atoms with E-state index >= 15 is 0 Å². The summed E-state index contributed by atoms with van der Waals surface area (Å²) in [5, 5.41) is 9.20. The van der Waals surface area contributed by atoms with E-state index in [1.54, 1.807) is 0 Å². The van der Waals surface area contributed by atoms with Crippen LogP contribution in [0.2, 0.25) is 0 Å². The van der Waals surface area contributed by atoms with Gasteiger partial charge in [-0.3, -0.25) is 9.59 Å². The van der Waals surface area contributed by atoms with Crippen LogP contribution in [0.25, 0.3) is 0 Å². The van der Waals surface area contributed by atoms with Gasteiger partial charge in [0.05, 0.1) is 11.8 Å². The average molecular weight is 267 g/mol. The highest BCUT2D eigenvalue weighted by Crippen LogP contribution is 2.34. The Morgan fingerprint density at radius 3 is 2.47 bits per heavy atom. The number of carbonyl (C=O) groups excluding carboxylic acids is 1. The molecule has 1 unspecified atom stereocenters. The van der Waals surface area contributed by atoms with Crippen LogP contribution in [0, 0.1) is 17.8 Å². The average Bonchev–Trinajstić information content (AvgIpc) is 2.76. The van der Waals surface area contributed by atoms with Gasteiger partial charge in [0, 0.05) is 13.1 Å². The molecule has 1 heterocycles. The number of aliphatic carboxylic acids is 1. The molecule has 1 aliphatic carbocycles. The smallest absolute Gasteiger partial charge is 0.307 e. The molecule has 0 aromatic carbocycles. The van der Waals surface area contributed by atoms with Gasteiger partial charge in [0.15, 0.2) is 0 Å². The molecule has 2 fully saturated rings. The second-order valence-electron chi connectivity index (χ2n) is 6.01. The topological polar surface area (TPSA) is 57.6 Å². The van der Waals surface area contributed by atoms with E-state index in [1.807, 2.05) is 4.90 Å². The molecular formula is C15H25NO3. The molecule has 108 valence electrons. The molecule has 1 amide bonds. The van der Waals surface area contributed by atoms with Crippen molar-refractivity contribution in [3.63, 3.8) is 0 Å². The molecule has 0 aromatic heterocycles. The van der Waals surface area contributed by atoms with Crippen LogP contribution in [0.15, 0.2) is 0 Å². The van der Waals surface area contributed by atoms with Gasteiger partial charge in [0.25, 0.3) is 0 Å². The van der Waals surface area contributed by atoms with Crippen molar-refractivity contribution in [3.8, 4) is 0 Å². The molecule has 0 bridgehead atoms. The normalized spacial score (nSPS) is 32.1. The molecule has 0 radical (unpaired) electrons. The number of carboxylic acids is 1. The highest BCUT2D eigenvalue weighted by atomic mass is 16.4. The highest BCUT2D eigenvalue weighted by Gasteiger charge is 2.39. The first-order chi connectivity index (χ1) is 9.13. The van der Waals surface area contributed by atoms with Crippen molar-refractivity contribution >= 4 is 11.9 Å². The number of hydrogen-bond donors (Lipinski definition) is 1. The largest absolute Gasteiger partial charge is 0.481 e. The molecule has 1 N–H and O–H groups in total. The summed E-state index contributed by atoms with van der Waals surface area (Å²) in [5.41, 5.74) is 0. The van der Waals surface area contributed by atoms with Gasteiger partial charge in [-0.1, -0.05) is 19.8 Å². The lowest BCUT2D eigenvalue weighted by Gasteiger charge is -2.26. The van der Waals surface area contributed by atoms with E-state index in [0.29, 0.717) is 6.42 Å². The fourth-order valence-electron chi connectivity index (χ4n) is 3.58. The lowest BCUT2D eigenvalue weighted by atomic mass is 9.94. The standard InChI is InChI=1S/C15H25NO3/c1-2-11-5-4-9-16(10-8-11)14(17)12-6-3-7-13(12)15(18)19/h11-13H,2-10H2,1H3,(H,18,19)/t11?,12-,13+/m1/s1. The van der Waals surface area contributed by atoms with E-state index < -0.39 is 11.9 Å². The number of nitrogens with zero attached hydrogens (tertiary/aromatic N) is 1. The van der Waals surface area contributed by atoms with Gasteiger partial charge >= 0.3 is 5.97 Å². The summed E-state index contributed by atoms with van der Waals surface area (Å²) < 4.78 is 0. The quantitative estimate of drug-likeness (QED) is 0.855. The predicted octanol–water partition coefficient (Wildman–Crippen LogP) is 2.53. The van der Waals surface area contributed by atoms with Gasteiger partial charge in [0.1, 0.15) is 0 Å². The summed E-state index contributed by atoms with van der Waals surface area (Å²) in [6.07, 6.45) is 6.82. The molecule has 1 saturated carbocycles. The maximum Gasteiger partial charge on any atom is 0.307 e. The van der Waals surface area contributed by atoms with Crippen molar-refractivity contribution in [3.05, 3.63) is 0 Å². The molecule has 2 aliphatic rings. The fourth-order valence-corrected chi connectivity index (χ4v) is 3.58. The number of hydrogen-bond acceptors (Lipinski definition) is 2. The second-order valence-corrected chi connectivity index (χ2v) is 6.01. The zero-order valence-corrected chi connectivity index (χ0v) is 11.8. The minimum absolute atomic E-state index is 0.0988. The first-order valence-corrected chi connectivity index (χ1v) is 7.65. The SMILES string of the molecule is CCC1CCCN(C(=O)[C@@H]2CCC[C@@H]2C(=O)O)CC1. The molecule has 2 rings (SSSR count). The van der Waals surface area contributed by atoms with E-state index in [-0.39, 0.29) is 11.8 Å². The third-order valence-electron chi connectivity index (χ3n) is 4.89. The van der Waals surface area contributed by atoms with Crippen LogP contribution in [-0.4, -0.2) is 35.0 Å². The molecule has 1 saturated heterocycles. The molecule has 4 nitrogen and oxygen atoms in total. The summed E-state index contributed by atoms with van der Waals surface area (Å²) >= 11 is 0. The Hall–Kier alpha value is -1.06. The van der Waals surface area contributed by atoms with E-state index in [9.17, 15) is 14.7 Å². The first kappa shape index (κ1) is 14.4. The minimum Gasteiger partial charge on any atom is -0.481 e. The van der Waals surface area contributed by atoms with Gasteiger partial charge in [0.2, 0.25) is 5.91 Å². The Morgan fingerprint density at radius 2 is 1.79 bits per heavy atom. The van der Waals surface area contributed by atoms with Crippen molar-refractivity contribution in [2.24, 2.45) is 17.8 Å². The number of carbonyl (C=O) groups is 2. The zero-order chi connectivity index (χ0) is 13.8. The number of amides is 1. The zero-order valence-electron chi connectivity index (χ0n) is 11.8. The third-order valence-corrected chi connectivity index (χ3v) is 4.89. The van der Waals surface area contributed by atoms with Gasteiger partial charge < -0.3 is 10.0 Å². The van der Waals surface area contributed by atoms with Crippen molar-refractivity contribution in [2.75, 3.05) is 13.1 Å². The molecule has 1 aliphatic heterocycles. The number of likely N-dealkylation sites (tertiary alicyclic amines) is 1. The summed E-state index contributed by atoms with van der Waals surface area (Å²) in [4.78, 5) is 25.7. The molecule has 3 atom stereocenters. The molecule has 19 heavy (non-hydrogen) atoms. The minimum atomic E-state index is -0.794. The molecule has 4 heteroatoms. The van der Waals surface area contributed by atoms with Crippen LogP contribution in [0.5, 0.6) is 0 Å². The van der Waals surface area contributed by atoms with E-state index in [2.05, 4.69) is 6.92 Å². The Kier molecular flexibility index (Phi) is 4.83. The molecular weight excluding hydrogens is 242 g/mol. The summed E-state index contributed by atoms with van der Waals surface area (Å²) in [6, 6.07) is 0. The van der Waals surface area contributed by atoms with Crippen molar-refractivity contribution in [1.29, 1.82) is 0 Å². The van der Waals surface area contributed by atoms with Crippen LogP contribution < -0.4 is 0 Å². The molecule has 0 spiro atoms. The fraction of sp³-hybridized carbons (Fsp3) is 0.867.